The summed E-state index contributed by atoms with van der Waals surface area (Å²) in [6, 6.07) is 17.3. The Kier molecular flexibility index (Phi) is 7.05. The van der Waals surface area contributed by atoms with Crippen molar-refractivity contribution in [3.05, 3.63) is 71.9 Å². The van der Waals surface area contributed by atoms with Gasteiger partial charge in [0.25, 0.3) is 11.8 Å². The number of nitrogens with one attached hydrogen (secondary N) is 3. The third-order valence-electron chi connectivity index (χ3n) is 4.47. The first-order valence-corrected chi connectivity index (χ1v) is 9.73. The van der Waals surface area contributed by atoms with Crippen LogP contribution in [-0.4, -0.2) is 45.6 Å². The molecular formula is C22H23N5O3. The SMILES string of the molecule is CCCNC(=O)C(=O)C(Cc1ccccc1)NC(=O)c1n[nH]nc1-c1ccccc1. The maximum absolute atomic E-state index is 12.9. The van der Waals surface area contributed by atoms with E-state index < -0.39 is 23.6 Å². The minimum atomic E-state index is -1.03. The summed E-state index contributed by atoms with van der Waals surface area (Å²) in [5.74, 6) is -2.01. The number of hydrogen-bond donors (Lipinski definition) is 3. The molecule has 2 amide bonds. The van der Waals surface area contributed by atoms with Crippen LogP contribution >= 0.6 is 0 Å². The van der Waals surface area contributed by atoms with Gasteiger partial charge in [-0.2, -0.15) is 15.4 Å². The molecule has 0 saturated heterocycles. The molecule has 0 fully saturated rings. The predicted molar refractivity (Wildman–Crippen MR) is 112 cm³/mol. The van der Waals surface area contributed by atoms with Crippen LogP contribution < -0.4 is 10.6 Å². The van der Waals surface area contributed by atoms with E-state index in [2.05, 4.69) is 26.0 Å². The van der Waals surface area contributed by atoms with Crippen LogP contribution in [0.4, 0.5) is 0 Å². The molecular weight excluding hydrogens is 382 g/mol. The molecule has 0 radical (unpaired) electrons. The minimum absolute atomic E-state index is 0.0565. The number of carbonyl (C=O) groups is 3. The first-order valence-electron chi connectivity index (χ1n) is 9.73. The fourth-order valence-electron chi connectivity index (χ4n) is 2.96. The van der Waals surface area contributed by atoms with Crippen molar-refractivity contribution in [2.75, 3.05) is 6.54 Å². The fourth-order valence-corrected chi connectivity index (χ4v) is 2.96. The van der Waals surface area contributed by atoms with Crippen molar-refractivity contribution >= 4 is 17.6 Å². The molecule has 0 aliphatic carbocycles. The van der Waals surface area contributed by atoms with Crippen LogP contribution in [0.15, 0.2) is 60.7 Å². The Bertz CT molecular complexity index is 1000. The van der Waals surface area contributed by atoms with E-state index in [9.17, 15) is 14.4 Å². The first kappa shape index (κ1) is 20.9. The van der Waals surface area contributed by atoms with E-state index in [1.54, 1.807) is 12.1 Å². The van der Waals surface area contributed by atoms with E-state index in [1.807, 2.05) is 55.5 Å². The average Bonchev–Trinajstić information content (AvgIpc) is 3.28. The van der Waals surface area contributed by atoms with Gasteiger partial charge in [-0.3, -0.25) is 14.4 Å². The van der Waals surface area contributed by atoms with Crippen molar-refractivity contribution < 1.29 is 14.4 Å². The molecule has 8 heteroatoms. The van der Waals surface area contributed by atoms with Gasteiger partial charge < -0.3 is 10.6 Å². The van der Waals surface area contributed by atoms with E-state index in [-0.39, 0.29) is 12.1 Å². The van der Waals surface area contributed by atoms with Gasteiger partial charge in [0.05, 0.1) is 0 Å². The molecule has 1 aromatic heterocycles. The predicted octanol–water partition coefficient (Wildman–Crippen LogP) is 1.91. The lowest BCUT2D eigenvalue weighted by molar-refractivity contribution is -0.138. The highest BCUT2D eigenvalue weighted by atomic mass is 16.2. The maximum atomic E-state index is 12.9. The maximum Gasteiger partial charge on any atom is 0.289 e. The zero-order chi connectivity index (χ0) is 21.3. The molecule has 0 spiro atoms. The van der Waals surface area contributed by atoms with Crippen LogP contribution in [0.25, 0.3) is 11.3 Å². The van der Waals surface area contributed by atoms with E-state index >= 15 is 0 Å². The number of Topliss-reactive ketones (excluding diaryl/α,β-unsaturated/α-hetero) is 1. The topological polar surface area (TPSA) is 117 Å². The van der Waals surface area contributed by atoms with Gasteiger partial charge in [0.2, 0.25) is 5.78 Å². The van der Waals surface area contributed by atoms with Gasteiger partial charge >= 0.3 is 0 Å². The Labute approximate surface area is 174 Å². The Morgan fingerprint density at radius 2 is 1.63 bits per heavy atom. The molecule has 1 heterocycles. The molecule has 30 heavy (non-hydrogen) atoms. The molecule has 8 nitrogen and oxygen atoms in total. The molecule has 2 aromatic carbocycles. The summed E-state index contributed by atoms with van der Waals surface area (Å²) in [6.07, 6.45) is 0.886. The summed E-state index contributed by atoms with van der Waals surface area (Å²) in [5.41, 5.74) is 1.96. The summed E-state index contributed by atoms with van der Waals surface area (Å²) < 4.78 is 0. The van der Waals surface area contributed by atoms with E-state index in [0.717, 1.165) is 5.56 Å². The average molecular weight is 405 g/mol. The minimum Gasteiger partial charge on any atom is -0.349 e. The van der Waals surface area contributed by atoms with Crippen molar-refractivity contribution in [2.24, 2.45) is 0 Å². The Balaban J connectivity index is 1.82. The Morgan fingerprint density at radius 1 is 0.967 bits per heavy atom. The van der Waals surface area contributed by atoms with Crippen molar-refractivity contribution in [1.82, 2.24) is 26.0 Å². The number of rotatable bonds is 9. The van der Waals surface area contributed by atoms with Gasteiger partial charge in [0.15, 0.2) is 5.69 Å². The number of H-pyrrole nitrogens is 1. The van der Waals surface area contributed by atoms with Crippen LogP contribution in [0.2, 0.25) is 0 Å². The number of aromatic amines is 1. The molecule has 154 valence electrons. The van der Waals surface area contributed by atoms with Crippen LogP contribution in [-0.2, 0) is 16.0 Å². The van der Waals surface area contributed by atoms with Crippen LogP contribution in [0.5, 0.6) is 0 Å². The number of amides is 2. The largest absolute Gasteiger partial charge is 0.349 e. The summed E-state index contributed by atoms with van der Waals surface area (Å²) in [6.45, 7) is 2.28. The molecule has 0 bridgehead atoms. The van der Waals surface area contributed by atoms with Crippen molar-refractivity contribution in [3.63, 3.8) is 0 Å². The van der Waals surface area contributed by atoms with Gasteiger partial charge in [-0.15, -0.1) is 0 Å². The smallest absolute Gasteiger partial charge is 0.289 e. The van der Waals surface area contributed by atoms with E-state index in [1.165, 1.54) is 0 Å². The summed E-state index contributed by atoms with van der Waals surface area (Å²) in [4.78, 5) is 37.9. The molecule has 3 aromatic rings. The van der Waals surface area contributed by atoms with Crippen molar-refractivity contribution in [2.45, 2.75) is 25.8 Å². The monoisotopic (exact) mass is 405 g/mol. The fraction of sp³-hybridized carbons (Fsp3) is 0.227. The van der Waals surface area contributed by atoms with Crippen molar-refractivity contribution in [3.8, 4) is 11.3 Å². The molecule has 0 aliphatic heterocycles. The van der Waals surface area contributed by atoms with Gasteiger partial charge in [-0.1, -0.05) is 67.6 Å². The Hall–Kier alpha value is -3.81. The van der Waals surface area contributed by atoms with Gasteiger partial charge in [-0.05, 0) is 12.0 Å². The normalized spacial score (nSPS) is 11.5. The molecule has 1 unspecified atom stereocenters. The lowest BCUT2D eigenvalue weighted by Crippen LogP contribution is -2.49. The summed E-state index contributed by atoms with van der Waals surface area (Å²) in [5, 5.41) is 15.7. The van der Waals surface area contributed by atoms with Crippen LogP contribution in [0.3, 0.4) is 0 Å². The first-order chi connectivity index (χ1) is 14.6. The van der Waals surface area contributed by atoms with Gasteiger partial charge in [0.1, 0.15) is 11.7 Å². The summed E-state index contributed by atoms with van der Waals surface area (Å²) in [7, 11) is 0. The third kappa shape index (κ3) is 5.16. The van der Waals surface area contributed by atoms with Crippen LogP contribution in [0.1, 0.15) is 29.4 Å². The third-order valence-corrected chi connectivity index (χ3v) is 4.47. The van der Waals surface area contributed by atoms with E-state index in [4.69, 9.17) is 0 Å². The number of benzene rings is 2. The molecule has 3 N–H and O–H groups in total. The highest BCUT2D eigenvalue weighted by Crippen LogP contribution is 2.19. The zero-order valence-corrected chi connectivity index (χ0v) is 16.6. The molecule has 1 atom stereocenters. The lowest BCUT2D eigenvalue weighted by atomic mass is 10.0. The number of ketones is 1. The number of hydrogen-bond acceptors (Lipinski definition) is 5. The quantitative estimate of drug-likeness (QED) is 0.470. The number of nitrogens with zero attached hydrogens (tertiary/aromatic N) is 2. The second kappa shape index (κ2) is 10.1. The summed E-state index contributed by atoms with van der Waals surface area (Å²) >= 11 is 0. The molecule has 0 saturated carbocycles. The van der Waals surface area contributed by atoms with E-state index in [0.29, 0.717) is 24.2 Å². The lowest BCUT2D eigenvalue weighted by Gasteiger charge is -2.17. The van der Waals surface area contributed by atoms with Crippen LogP contribution in [0, 0.1) is 0 Å². The molecule has 3 rings (SSSR count). The van der Waals surface area contributed by atoms with Gasteiger partial charge in [0, 0.05) is 18.5 Å². The van der Waals surface area contributed by atoms with Gasteiger partial charge in [-0.25, -0.2) is 0 Å². The second-order valence-corrected chi connectivity index (χ2v) is 6.72. The molecule has 0 aliphatic rings. The zero-order valence-electron chi connectivity index (χ0n) is 16.6. The van der Waals surface area contributed by atoms with Crippen molar-refractivity contribution in [1.29, 1.82) is 0 Å². The number of aromatic nitrogens is 3. The standard InChI is InChI=1S/C22H23N5O3/c1-2-13-23-22(30)20(28)17(14-15-9-5-3-6-10-15)24-21(29)19-18(25-27-26-19)16-11-7-4-8-12-16/h3-12,17H,2,13-14H2,1H3,(H,23,30)(H,24,29)(H,25,26,27). The highest BCUT2D eigenvalue weighted by Gasteiger charge is 2.29. The highest BCUT2D eigenvalue weighted by molar-refractivity contribution is 6.38. The second-order valence-electron chi connectivity index (χ2n) is 6.72. The Morgan fingerprint density at radius 3 is 2.30 bits per heavy atom. The number of carbonyl (C=O) groups excluding carboxylic acids is 3.